The molecule has 1 heterocycles. The van der Waals surface area contributed by atoms with Gasteiger partial charge in [0.1, 0.15) is 10.9 Å². The molecule has 0 spiro atoms. The third-order valence-electron chi connectivity index (χ3n) is 2.36. The zero-order chi connectivity index (χ0) is 11.4. The summed E-state index contributed by atoms with van der Waals surface area (Å²) in [7, 11) is 0. The third kappa shape index (κ3) is 2.54. The van der Waals surface area contributed by atoms with Gasteiger partial charge < -0.3 is 5.11 Å². The van der Waals surface area contributed by atoms with Gasteiger partial charge >= 0.3 is 5.97 Å². The normalized spacial score (nSPS) is 14.2. The molecule has 0 aliphatic heterocycles. The van der Waals surface area contributed by atoms with Crippen LogP contribution in [-0.4, -0.2) is 16.1 Å². The summed E-state index contributed by atoms with van der Waals surface area (Å²) in [5.74, 6) is -1.14. The molecule has 0 aromatic carbocycles. The average Bonchev–Trinajstić information content (AvgIpc) is 2.68. The fourth-order valence-electron chi connectivity index (χ4n) is 1.19. The molecule has 0 saturated carbocycles. The Bertz CT molecular complexity index is 394. The van der Waals surface area contributed by atoms with Crippen molar-refractivity contribution >= 4 is 17.3 Å². The second-order valence-corrected chi connectivity index (χ2v) is 4.26. The number of carboxylic acid groups (broad SMARTS) is 1. The maximum atomic E-state index is 10.6. The molecular formula is C10H12N2O2S. The van der Waals surface area contributed by atoms with Crippen LogP contribution in [-0.2, 0) is 0 Å². The fourth-order valence-corrected chi connectivity index (χ4v) is 2.16. The Morgan fingerprint density at radius 1 is 1.80 bits per heavy atom. The van der Waals surface area contributed by atoms with Crippen LogP contribution in [0.3, 0.4) is 0 Å². The molecule has 0 bridgehead atoms. The Labute approximate surface area is 92.2 Å². The summed E-state index contributed by atoms with van der Waals surface area (Å²) < 4.78 is 0. The van der Waals surface area contributed by atoms with Crippen molar-refractivity contribution in [3.63, 3.8) is 0 Å². The number of aromatic carboxylic acids is 1. The standard InChI is InChI=1S/C10H12N2O2S/c1-3-6(2)7(4-11)9-12-8(5-15-9)10(13)14/h5-7H,3H2,1-2H3,(H,13,14)/t6-,7-/m0/s1. The van der Waals surface area contributed by atoms with Gasteiger partial charge in [0.25, 0.3) is 0 Å². The minimum Gasteiger partial charge on any atom is -0.476 e. The van der Waals surface area contributed by atoms with Gasteiger partial charge in [0.15, 0.2) is 5.69 Å². The fraction of sp³-hybridized carbons (Fsp3) is 0.500. The lowest BCUT2D eigenvalue weighted by Gasteiger charge is -2.12. The minimum absolute atomic E-state index is 0.0264. The van der Waals surface area contributed by atoms with E-state index in [1.165, 1.54) is 16.7 Å². The molecule has 0 radical (unpaired) electrons. The molecule has 1 N–H and O–H groups in total. The molecule has 4 nitrogen and oxygen atoms in total. The molecule has 1 aromatic heterocycles. The molecular weight excluding hydrogens is 212 g/mol. The second kappa shape index (κ2) is 4.89. The number of hydrogen-bond acceptors (Lipinski definition) is 4. The number of nitriles is 1. The second-order valence-electron chi connectivity index (χ2n) is 3.37. The molecule has 1 aromatic rings. The highest BCUT2D eigenvalue weighted by molar-refractivity contribution is 7.10. The highest BCUT2D eigenvalue weighted by Crippen LogP contribution is 2.28. The summed E-state index contributed by atoms with van der Waals surface area (Å²) in [6.07, 6.45) is 0.875. The van der Waals surface area contributed by atoms with Gasteiger partial charge in [-0.1, -0.05) is 20.3 Å². The smallest absolute Gasteiger partial charge is 0.355 e. The average molecular weight is 224 g/mol. The molecule has 2 atom stereocenters. The number of hydrogen-bond donors (Lipinski definition) is 1. The maximum absolute atomic E-state index is 10.6. The quantitative estimate of drug-likeness (QED) is 0.852. The van der Waals surface area contributed by atoms with Crippen molar-refractivity contribution in [2.24, 2.45) is 5.92 Å². The van der Waals surface area contributed by atoms with E-state index in [0.29, 0.717) is 5.01 Å². The van der Waals surface area contributed by atoms with E-state index >= 15 is 0 Å². The van der Waals surface area contributed by atoms with E-state index in [2.05, 4.69) is 11.1 Å². The molecule has 0 aliphatic carbocycles. The summed E-state index contributed by atoms with van der Waals surface area (Å²) >= 11 is 1.24. The summed E-state index contributed by atoms with van der Waals surface area (Å²) in [4.78, 5) is 14.6. The van der Waals surface area contributed by atoms with E-state index in [1.807, 2.05) is 13.8 Å². The van der Waals surface area contributed by atoms with Gasteiger partial charge in [-0.3, -0.25) is 0 Å². The monoisotopic (exact) mass is 224 g/mol. The molecule has 1 rings (SSSR count). The first-order chi connectivity index (χ1) is 7.10. The molecule has 0 amide bonds. The van der Waals surface area contributed by atoms with Gasteiger partial charge in [-0.15, -0.1) is 11.3 Å². The SMILES string of the molecule is CC[C@H](C)[C@H](C#N)c1nc(C(=O)O)cs1. The van der Waals surface area contributed by atoms with Crippen LogP contribution >= 0.6 is 11.3 Å². The number of carboxylic acids is 1. The number of aromatic nitrogens is 1. The summed E-state index contributed by atoms with van der Waals surface area (Å²) in [5, 5.41) is 19.8. The van der Waals surface area contributed by atoms with Gasteiger partial charge in [-0.05, 0) is 5.92 Å². The number of carbonyl (C=O) groups is 1. The summed E-state index contributed by atoms with van der Waals surface area (Å²) in [6.45, 7) is 3.97. The molecule has 5 heteroatoms. The van der Waals surface area contributed by atoms with E-state index < -0.39 is 5.97 Å². The first-order valence-electron chi connectivity index (χ1n) is 4.68. The predicted octanol–water partition coefficient (Wildman–Crippen LogP) is 2.49. The molecule has 0 fully saturated rings. The predicted molar refractivity (Wildman–Crippen MR) is 56.9 cm³/mol. The van der Waals surface area contributed by atoms with Crippen molar-refractivity contribution in [2.75, 3.05) is 0 Å². The Kier molecular flexibility index (Phi) is 3.81. The lowest BCUT2D eigenvalue weighted by atomic mass is 9.94. The molecule has 0 unspecified atom stereocenters. The lowest BCUT2D eigenvalue weighted by Crippen LogP contribution is -2.07. The van der Waals surface area contributed by atoms with E-state index in [0.717, 1.165) is 6.42 Å². The van der Waals surface area contributed by atoms with Crippen LogP contribution < -0.4 is 0 Å². The van der Waals surface area contributed by atoms with Crippen molar-refractivity contribution < 1.29 is 9.90 Å². The van der Waals surface area contributed by atoms with Crippen LogP contribution in [0.1, 0.15) is 41.7 Å². The van der Waals surface area contributed by atoms with E-state index in [-0.39, 0.29) is 17.5 Å². The van der Waals surface area contributed by atoms with Crippen LogP contribution in [0.15, 0.2) is 5.38 Å². The van der Waals surface area contributed by atoms with Crippen LogP contribution in [0.5, 0.6) is 0 Å². The molecule has 15 heavy (non-hydrogen) atoms. The largest absolute Gasteiger partial charge is 0.476 e. The van der Waals surface area contributed by atoms with Crippen molar-refractivity contribution in [3.05, 3.63) is 16.1 Å². The number of rotatable bonds is 4. The van der Waals surface area contributed by atoms with Gasteiger partial charge in [0, 0.05) is 5.38 Å². The van der Waals surface area contributed by atoms with Crippen LogP contribution in [0, 0.1) is 17.2 Å². The van der Waals surface area contributed by atoms with Crippen molar-refractivity contribution in [2.45, 2.75) is 26.2 Å². The third-order valence-corrected chi connectivity index (χ3v) is 3.29. The minimum atomic E-state index is -1.04. The number of thiazole rings is 1. The zero-order valence-electron chi connectivity index (χ0n) is 8.60. The van der Waals surface area contributed by atoms with Crippen molar-refractivity contribution in [3.8, 4) is 6.07 Å². The van der Waals surface area contributed by atoms with E-state index in [4.69, 9.17) is 10.4 Å². The highest BCUT2D eigenvalue weighted by Gasteiger charge is 2.22. The topological polar surface area (TPSA) is 74.0 Å². The Morgan fingerprint density at radius 2 is 2.47 bits per heavy atom. The van der Waals surface area contributed by atoms with Gasteiger partial charge in [-0.2, -0.15) is 5.26 Å². The summed E-state index contributed by atoms with van der Waals surface area (Å²) in [6, 6.07) is 2.18. The van der Waals surface area contributed by atoms with Gasteiger partial charge in [0.05, 0.1) is 6.07 Å². The van der Waals surface area contributed by atoms with Crippen molar-refractivity contribution in [1.29, 1.82) is 5.26 Å². The highest BCUT2D eigenvalue weighted by atomic mass is 32.1. The van der Waals surface area contributed by atoms with Gasteiger partial charge in [-0.25, -0.2) is 9.78 Å². The molecule has 0 aliphatic rings. The summed E-state index contributed by atoms with van der Waals surface area (Å²) in [5.41, 5.74) is 0.0264. The van der Waals surface area contributed by atoms with Gasteiger partial charge in [0.2, 0.25) is 0 Å². The molecule has 0 saturated heterocycles. The maximum Gasteiger partial charge on any atom is 0.355 e. The first kappa shape index (κ1) is 11.7. The van der Waals surface area contributed by atoms with Crippen LogP contribution in [0.25, 0.3) is 0 Å². The lowest BCUT2D eigenvalue weighted by molar-refractivity contribution is 0.0691. The van der Waals surface area contributed by atoms with Crippen LogP contribution in [0.4, 0.5) is 0 Å². The Hall–Kier alpha value is -1.41. The van der Waals surface area contributed by atoms with E-state index in [1.54, 1.807) is 0 Å². The Morgan fingerprint density at radius 3 is 2.87 bits per heavy atom. The first-order valence-corrected chi connectivity index (χ1v) is 5.56. The zero-order valence-corrected chi connectivity index (χ0v) is 9.41. The Balaban J connectivity index is 2.94. The van der Waals surface area contributed by atoms with E-state index in [9.17, 15) is 4.79 Å². The molecule has 80 valence electrons. The van der Waals surface area contributed by atoms with Crippen molar-refractivity contribution in [1.82, 2.24) is 4.98 Å². The van der Waals surface area contributed by atoms with Crippen LogP contribution in [0.2, 0.25) is 0 Å². The number of nitrogens with zero attached hydrogens (tertiary/aromatic N) is 2.